The van der Waals surface area contributed by atoms with Crippen molar-refractivity contribution in [2.24, 2.45) is 0 Å². The second-order valence-corrected chi connectivity index (χ2v) is 7.96. The van der Waals surface area contributed by atoms with Gasteiger partial charge in [0.25, 0.3) is 0 Å². The average Bonchev–Trinajstić information content (AvgIpc) is 2.66. The molecule has 0 radical (unpaired) electrons. The molecule has 0 saturated heterocycles. The van der Waals surface area contributed by atoms with E-state index in [9.17, 15) is 5.11 Å². The third kappa shape index (κ3) is 5.78. The van der Waals surface area contributed by atoms with Crippen LogP contribution in [0.25, 0.3) is 0 Å². The molecule has 0 amide bonds. The Kier molecular flexibility index (Phi) is 8.54. The first-order valence-corrected chi connectivity index (χ1v) is 11.5. The number of rotatable bonds is 9. The zero-order chi connectivity index (χ0) is 19.1. The number of nitrogens with two attached hydrogens (primary N) is 1. The fraction of sp³-hybridized carbons (Fsp3) is 0.333. The highest BCUT2D eigenvalue weighted by Crippen LogP contribution is 2.34. The summed E-state index contributed by atoms with van der Waals surface area (Å²) >= 11 is 0. The molecule has 0 bridgehead atoms. The van der Waals surface area contributed by atoms with Crippen molar-refractivity contribution < 1.29 is 14.4 Å². The topological polar surface area (TPSA) is 68.0 Å². The number of aliphatic hydroxyl groups excluding tert-OH is 1. The Morgan fingerprint density at radius 2 is 1.92 bits per heavy atom. The van der Waals surface area contributed by atoms with Gasteiger partial charge in [-0.3, -0.25) is 4.67 Å². The van der Waals surface area contributed by atoms with Crippen molar-refractivity contribution >= 4 is 32.5 Å². The molecule has 142 valence electrons. The molecule has 0 fully saturated rings. The molecule has 3 N–H and O–H groups in total. The van der Waals surface area contributed by atoms with Gasteiger partial charge < -0.3 is 20.1 Å². The van der Waals surface area contributed by atoms with Crippen molar-refractivity contribution in [1.29, 1.82) is 0 Å². The van der Waals surface area contributed by atoms with Gasteiger partial charge in [-0.2, -0.15) is 0 Å². The Morgan fingerprint density at radius 1 is 1.23 bits per heavy atom. The lowest BCUT2D eigenvalue weighted by atomic mass is 10.1. The van der Waals surface area contributed by atoms with Crippen molar-refractivity contribution in [3.63, 3.8) is 0 Å². The summed E-state index contributed by atoms with van der Waals surface area (Å²) in [7, 11) is 7.13. The van der Waals surface area contributed by atoms with Crippen LogP contribution in [0.1, 0.15) is 24.2 Å². The molecule has 8 heteroatoms. The molecule has 5 nitrogen and oxygen atoms in total. The number of aliphatic hydroxyl groups is 1. The maximum Gasteiger partial charge on any atom is 0.145 e. The van der Waals surface area contributed by atoms with E-state index in [1.165, 1.54) is 5.56 Å². The van der Waals surface area contributed by atoms with Gasteiger partial charge in [-0.25, -0.2) is 0 Å². The summed E-state index contributed by atoms with van der Waals surface area (Å²) in [6.45, 7) is 2.72. The summed E-state index contributed by atoms with van der Waals surface area (Å²) in [5, 5.41) is 10.6. The minimum Gasteiger partial charge on any atom is -0.497 e. The smallest absolute Gasteiger partial charge is 0.145 e. The van der Waals surface area contributed by atoms with Gasteiger partial charge in [-0.05, 0) is 57.2 Å². The number of hydrogen-bond acceptors (Lipinski definition) is 5. The molecule has 0 heterocycles. The Morgan fingerprint density at radius 3 is 2.46 bits per heavy atom. The number of nitrogens with zero attached hydrogens (tertiary/aromatic N) is 1. The minimum atomic E-state index is -0.609. The molecule has 0 aliphatic heterocycles. The van der Waals surface area contributed by atoms with E-state index in [0.717, 1.165) is 17.7 Å². The molecular weight excluding hydrogens is 385 g/mol. The molecule has 3 unspecified atom stereocenters. The predicted molar refractivity (Wildman–Crippen MR) is 117 cm³/mol. The standard InChI is InChI=1S/C18H27N2O3P3/c1-12(9-13-3-6-15(22-2)7-4-13)20(26-25)11-17(21)14-5-8-18(23-24)16(19)10-14/h3-8,10,12,17,21,26H,9,11,19,24-25H2,1-2H3/t12-,17+/m1/s1. The van der Waals surface area contributed by atoms with Crippen LogP contribution < -0.4 is 15.0 Å². The van der Waals surface area contributed by atoms with Crippen LogP contribution in [0, 0.1) is 0 Å². The van der Waals surface area contributed by atoms with E-state index in [1.807, 2.05) is 18.2 Å². The molecule has 26 heavy (non-hydrogen) atoms. The highest BCUT2D eigenvalue weighted by atomic mass is 32.0. The minimum absolute atomic E-state index is 0.292. The molecular formula is C18H27N2O3P3. The predicted octanol–water partition coefficient (Wildman–Crippen LogP) is 3.80. The highest BCUT2D eigenvalue weighted by Gasteiger charge is 2.19. The molecule has 0 aliphatic carbocycles. The summed E-state index contributed by atoms with van der Waals surface area (Å²) in [5.41, 5.74) is 8.49. The molecule has 0 aliphatic rings. The molecule has 2 rings (SSSR count). The van der Waals surface area contributed by atoms with Crippen molar-refractivity contribution in [2.75, 3.05) is 19.4 Å². The third-order valence-corrected chi connectivity index (χ3v) is 6.51. The van der Waals surface area contributed by atoms with Crippen LogP contribution in [0.4, 0.5) is 5.69 Å². The third-order valence-electron chi connectivity index (χ3n) is 4.30. The van der Waals surface area contributed by atoms with Crippen LogP contribution >= 0.6 is 26.8 Å². The van der Waals surface area contributed by atoms with Gasteiger partial charge in [0, 0.05) is 12.6 Å². The second-order valence-electron chi connectivity index (χ2n) is 6.11. The van der Waals surface area contributed by atoms with Crippen molar-refractivity contribution in [1.82, 2.24) is 4.67 Å². The van der Waals surface area contributed by atoms with E-state index in [1.54, 1.807) is 19.2 Å². The number of hydrogen-bond donors (Lipinski definition) is 2. The van der Waals surface area contributed by atoms with Crippen molar-refractivity contribution in [3.05, 3.63) is 53.6 Å². The van der Waals surface area contributed by atoms with Gasteiger partial charge in [-0.1, -0.05) is 27.1 Å². The van der Waals surface area contributed by atoms with Gasteiger partial charge in [0.1, 0.15) is 11.5 Å². The summed E-state index contributed by atoms with van der Waals surface area (Å²) in [6, 6.07) is 13.8. The van der Waals surface area contributed by atoms with Gasteiger partial charge in [0.2, 0.25) is 0 Å². The fourth-order valence-electron chi connectivity index (χ4n) is 2.75. The Hall–Kier alpha value is -0.950. The molecule has 2 aromatic carbocycles. The summed E-state index contributed by atoms with van der Waals surface area (Å²) < 4.78 is 12.6. The number of methoxy groups -OCH3 is 1. The van der Waals surface area contributed by atoms with Crippen LogP contribution in [-0.4, -0.2) is 29.5 Å². The molecule has 2 aromatic rings. The zero-order valence-electron chi connectivity index (χ0n) is 15.1. The monoisotopic (exact) mass is 412 g/mol. The quantitative estimate of drug-likeness (QED) is 0.485. The van der Waals surface area contributed by atoms with Gasteiger partial charge in [-0.15, -0.1) is 0 Å². The van der Waals surface area contributed by atoms with Crippen molar-refractivity contribution in [2.45, 2.75) is 25.5 Å². The van der Waals surface area contributed by atoms with Gasteiger partial charge >= 0.3 is 0 Å². The van der Waals surface area contributed by atoms with Crippen LogP contribution in [0.3, 0.4) is 0 Å². The summed E-state index contributed by atoms with van der Waals surface area (Å²) in [5.74, 6) is 1.45. The van der Waals surface area contributed by atoms with E-state index in [-0.39, 0.29) is 0 Å². The maximum atomic E-state index is 10.6. The molecule has 0 saturated carbocycles. The molecule has 5 atom stereocenters. The zero-order valence-corrected chi connectivity index (χ0v) is 18.4. The lowest BCUT2D eigenvalue weighted by Crippen LogP contribution is -2.30. The van der Waals surface area contributed by atoms with E-state index >= 15 is 0 Å². The van der Waals surface area contributed by atoms with E-state index < -0.39 is 6.10 Å². The van der Waals surface area contributed by atoms with Gasteiger partial charge in [0.05, 0.1) is 28.4 Å². The summed E-state index contributed by atoms with van der Waals surface area (Å²) in [6.07, 6.45) is 0.294. The Balaban J connectivity index is 2.01. The second kappa shape index (κ2) is 10.4. The first kappa shape index (κ1) is 21.4. The normalized spacial score (nSPS) is 13.9. The number of ether oxygens (including phenoxy) is 1. The number of anilines is 1. The number of nitrogen functional groups attached to an aromatic ring is 1. The summed E-state index contributed by atoms with van der Waals surface area (Å²) in [4.78, 5) is 0. The van der Waals surface area contributed by atoms with E-state index in [4.69, 9.17) is 15.0 Å². The first-order chi connectivity index (χ1) is 12.5. The van der Waals surface area contributed by atoms with Gasteiger partial charge in [0.15, 0.2) is 0 Å². The van der Waals surface area contributed by atoms with Crippen LogP contribution in [-0.2, 0) is 6.42 Å². The van der Waals surface area contributed by atoms with Crippen LogP contribution in [0.2, 0.25) is 0 Å². The molecule has 0 spiro atoms. The Labute approximate surface area is 161 Å². The highest BCUT2D eigenvalue weighted by molar-refractivity contribution is 8.01. The number of benzene rings is 2. The van der Waals surface area contributed by atoms with E-state index in [2.05, 4.69) is 42.1 Å². The fourth-order valence-corrected chi connectivity index (χ4v) is 4.66. The Bertz CT molecular complexity index is 701. The lowest BCUT2D eigenvalue weighted by molar-refractivity contribution is 0.140. The largest absolute Gasteiger partial charge is 0.497 e. The molecule has 0 aromatic heterocycles. The average molecular weight is 412 g/mol. The maximum absolute atomic E-state index is 10.6. The van der Waals surface area contributed by atoms with Crippen molar-refractivity contribution in [3.8, 4) is 11.5 Å². The van der Waals surface area contributed by atoms with Crippen LogP contribution in [0.15, 0.2) is 42.5 Å². The SMILES string of the molecule is COc1ccc(C[C@@H](C)N(C[C@H](O)c2ccc(OP)c(N)c2)PP)cc1. The first-order valence-electron chi connectivity index (χ1n) is 8.28. The van der Waals surface area contributed by atoms with Crippen LogP contribution in [0.5, 0.6) is 11.5 Å². The lowest BCUT2D eigenvalue weighted by Gasteiger charge is -2.30. The van der Waals surface area contributed by atoms with E-state index in [0.29, 0.717) is 32.4 Å².